The number of hydrogen-bond donors (Lipinski definition) is 1. The number of nitrogens with one attached hydrogen (secondary N) is 1. The molecule has 0 unspecified atom stereocenters. The van der Waals surface area contributed by atoms with E-state index in [1.54, 1.807) is 0 Å². The third-order valence-corrected chi connectivity index (χ3v) is 2.26. The van der Waals surface area contributed by atoms with E-state index in [0.717, 1.165) is 24.3 Å². The number of ketones is 1. The van der Waals surface area contributed by atoms with Gasteiger partial charge in [0, 0.05) is 6.92 Å². The number of H-pyrrole nitrogens is 1. The topological polar surface area (TPSA) is 67.9 Å². The van der Waals surface area contributed by atoms with Crippen molar-refractivity contribution in [3.05, 3.63) is 35.5 Å². The van der Waals surface area contributed by atoms with Gasteiger partial charge in [-0.1, -0.05) is 10.3 Å². The number of aromatic amines is 1. The Morgan fingerprint density at radius 1 is 1.26 bits per heavy atom. The molecule has 1 N–H and O–H groups in total. The Hall–Kier alpha value is -2.38. The molecule has 5 nitrogen and oxygen atoms in total. The van der Waals surface area contributed by atoms with Gasteiger partial charge in [-0.3, -0.25) is 9.89 Å². The molecule has 0 aliphatic rings. The van der Waals surface area contributed by atoms with Crippen molar-refractivity contribution >= 4 is 5.78 Å². The third-order valence-electron chi connectivity index (χ3n) is 2.26. The molecular weight excluding hydrogens is 263 g/mol. The number of nitrogens with zero attached hydrogens (tertiary/aromatic N) is 2. The highest BCUT2D eigenvalue weighted by Crippen LogP contribution is 2.31. The van der Waals surface area contributed by atoms with Crippen molar-refractivity contribution in [1.82, 2.24) is 15.4 Å². The van der Waals surface area contributed by atoms with E-state index in [0.29, 0.717) is 0 Å². The van der Waals surface area contributed by atoms with Gasteiger partial charge in [-0.05, 0) is 24.3 Å². The summed E-state index contributed by atoms with van der Waals surface area (Å²) in [4.78, 5) is 11.2. The standard InChI is InChI=1S/C11H8F3N3O2/c1-6(18)9-10(16-17-15-9)19-8-4-2-7(3-5-8)11(12,13)14/h2-5H,1H3,(H,15,16,17). The number of Topliss-reactive ketones (excluding diaryl/α,β-unsaturated/α-hetero) is 1. The number of hydrogen-bond acceptors (Lipinski definition) is 4. The highest BCUT2D eigenvalue weighted by atomic mass is 19.4. The summed E-state index contributed by atoms with van der Waals surface area (Å²) in [5, 5.41) is 9.27. The largest absolute Gasteiger partial charge is 0.436 e. The van der Waals surface area contributed by atoms with Crippen LogP contribution < -0.4 is 4.74 Å². The number of rotatable bonds is 3. The molecule has 0 radical (unpaired) electrons. The van der Waals surface area contributed by atoms with Crippen molar-refractivity contribution in [1.29, 1.82) is 0 Å². The van der Waals surface area contributed by atoms with Crippen LogP contribution in [0.2, 0.25) is 0 Å². The predicted octanol–water partition coefficient (Wildman–Crippen LogP) is 2.82. The van der Waals surface area contributed by atoms with Gasteiger partial charge in [-0.25, -0.2) is 0 Å². The molecule has 0 fully saturated rings. The summed E-state index contributed by atoms with van der Waals surface area (Å²) in [5.74, 6) is -0.288. The van der Waals surface area contributed by atoms with E-state index in [2.05, 4.69) is 15.4 Å². The molecule has 8 heteroatoms. The average molecular weight is 271 g/mol. The lowest BCUT2D eigenvalue weighted by atomic mass is 10.2. The average Bonchev–Trinajstić information content (AvgIpc) is 2.77. The quantitative estimate of drug-likeness (QED) is 0.871. The summed E-state index contributed by atoms with van der Waals surface area (Å²) in [7, 11) is 0. The fraction of sp³-hybridized carbons (Fsp3) is 0.182. The highest BCUT2D eigenvalue weighted by Gasteiger charge is 2.30. The fourth-order valence-electron chi connectivity index (χ4n) is 1.34. The predicted molar refractivity (Wildman–Crippen MR) is 57.9 cm³/mol. The normalized spacial score (nSPS) is 11.4. The Morgan fingerprint density at radius 3 is 2.42 bits per heavy atom. The SMILES string of the molecule is CC(=O)c1[nH]nnc1Oc1ccc(C(F)(F)F)cc1. The lowest BCUT2D eigenvalue weighted by Gasteiger charge is -2.07. The molecule has 1 aromatic heterocycles. The Kier molecular flexibility index (Phi) is 3.24. The lowest BCUT2D eigenvalue weighted by molar-refractivity contribution is -0.137. The number of alkyl halides is 3. The maximum absolute atomic E-state index is 12.4. The zero-order chi connectivity index (χ0) is 14.0. The van der Waals surface area contributed by atoms with Crippen LogP contribution in [0.1, 0.15) is 23.0 Å². The summed E-state index contributed by atoms with van der Waals surface area (Å²) in [5.41, 5.74) is -0.730. The number of halogens is 3. The van der Waals surface area contributed by atoms with Crippen molar-refractivity contribution in [2.45, 2.75) is 13.1 Å². The Bertz CT molecular complexity index is 590. The monoisotopic (exact) mass is 271 g/mol. The number of ether oxygens (including phenoxy) is 1. The molecule has 1 heterocycles. The Morgan fingerprint density at radius 2 is 1.89 bits per heavy atom. The first kappa shape index (κ1) is 13.1. The molecule has 0 saturated heterocycles. The first-order valence-corrected chi connectivity index (χ1v) is 5.15. The van der Waals surface area contributed by atoms with Crippen LogP contribution in [0, 0.1) is 0 Å². The second kappa shape index (κ2) is 4.71. The van der Waals surface area contributed by atoms with Crippen LogP contribution in [0.5, 0.6) is 11.6 Å². The molecule has 0 atom stereocenters. The molecule has 0 bridgehead atoms. The zero-order valence-electron chi connectivity index (χ0n) is 9.65. The van der Waals surface area contributed by atoms with Gasteiger partial charge in [-0.15, -0.1) is 0 Å². The summed E-state index contributed by atoms with van der Waals surface area (Å²) in [6.45, 7) is 1.29. The molecule has 0 saturated carbocycles. The van der Waals surface area contributed by atoms with Gasteiger partial charge in [0.15, 0.2) is 11.5 Å². The Balaban J connectivity index is 2.20. The van der Waals surface area contributed by atoms with Crippen LogP contribution in [0.4, 0.5) is 13.2 Å². The van der Waals surface area contributed by atoms with Crippen molar-refractivity contribution < 1.29 is 22.7 Å². The van der Waals surface area contributed by atoms with Crippen LogP contribution in [-0.2, 0) is 6.18 Å². The maximum atomic E-state index is 12.4. The summed E-state index contributed by atoms with van der Waals surface area (Å²) < 4.78 is 42.2. The van der Waals surface area contributed by atoms with Crippen LogP contribution in [-0.4, -0.2) is 21.2 Å². The summed E-state index contributed by atoms with van der Waals surface area (Å²) in [6, 6.07) is 4.04. The van der Waals surface area contributed by atoms with Crippen LogP contribution in [0.3, 0.4) is 0 Å². The second-order valence-corrected chi connectivity index (χ2v) is 3.67. The smallest absolute Gasteiger partial charge is 0.416 e. The van der Waals surface area contributed by atoms with E-state index in [4.69, 9.17) is 4.74 Å². The van der Waals surface area contributed by atoms with Crippen LogP contribution in [0.25, 0.3) is 0 Å². The van der Waals surface area contributed by atoms with Crippen molar-refractivity contribution in [3.63, 3.8) is 0 Å². The van der Waals surface area contributed by atoms with E-state index >= 15 is 0 Å². The zero-order valence-corrected chi connectivity index (χ0v) is 9.65. The van der Waals surface area contributed by atoms with E-state index in [1.807, 2.05) is 0 Å². The maximum Gasteiger partial charge on any atom is 0.416 e. The van der Waals surface area contributed by atoms with E-state index in [-0.39, 0.29) is 23.1 Å². The molecule has 100 valence electrons. The van der Waals surface area contributed by atoms with Crippen LogP contribution in [0.15, 0.2) is 24.3 Å². The minimum atomic E-state index is -4.41. The summed E-state index contributed by atoms with van der Waals surface area (Å²) >= 11 is 0. The van der Waals surface area contributed by atoms with Gasteiger partial charge >= 0.3 is 6.18 Å². The molecule has 0 aliphatic heterocycles. The van der Waals surface area contributed by atoms with Gasteiger partial charge in [0.05, 0.1) is 5.56 Å². The minimum Gasteiger partial charge on any atom is -0.436 e. The fourth-order valence-corrected chi connectivity index (χ4v) is 1.34. The number of benzene rings is 1. The van der Waals surface area contributed by atoms with Gasteiger partial charge in [0.2, 0.25) is 0 Å². The van der Waals surface area contributed by atoms with E-state index in [1.165, 1.54) is 6.92 Å². The molecule has 0 amide bonds. The second-order valence-electron chi connectivity index (χ2n) is 3.67. The Labute approximate surface area is 105 Å². The van der Waals surface area contributed by atoms with Crippen LogP contribution >= 0.6 is 0 Å². The number of aromatic nitrogens is 3. The first-order chi connectivity index (χ1) is 8.88. The highest BCUT2D eigenvalue weighted by molar-refractivity contribution is 5.94. The molecule has 1 aromatic carbocycles. The first-order valence-electron chi connectivity index (χ1n) is 5.15. The number of carbonyl (C=O) groups is 1. The number of carbonyl (C=O) groups excluding carboxylic acids is 1. The molecule has 0 aliphatic carbocycles. The van der Waals surface area contributed by atoms with E-state index < -0.39 is 11.7 Å². The molecule has 2 rings (SSSR count). The van der Waals surface area contributed by atoms with Crippen molar-refractivity contribution in [2.75, 3.05) is 0 Å². The summed E-state index contributed by atoms with van der Waals surface area (Å²) in [6.07, 6.45) is -4.41. The van der Waals surface area contributed by atoms with Gasteiger partial charge in [-0.2, -0.15) is 13.2 Å². The van der Waals surface area contributed by atoms with E-state index in [9.17, 15) is 18.0 Å². The van der Waals surface area contributed by atoms with Crippen molar-refractivity contribution in [3.8, 4) is 11.6 Å². The third kappa shape index (κ3) is 2.90. The molecular formula is C11H8F3N3O2. The van der Waals surface area contributed by atoms with Gasteiger partial charge in [0.1, 0.15) is 5.75 Å². The van der Waals surface area contributed by atoms with Crippen molar-refractivity contribution in [2.24, 2.45) is 0 Å². The molecule has 2 aromatic rings. The lowest BCUT2D eigenvalue weighted by Crippen LogP contribution is -2.04. The molecule has 0 spiro atoms. The minimum absolute atomic E-state index is 0.0555. The molecule has 19 heavy (non-hydrogen) atoms. The van der Waals surface area contributed by atoms with Gasteiger partial charge in [0.25, 0.3) is 5.88 Å². The van der Waals surface area contributed by atoms with Gasteiger partial charge < -0.3 is 4.74 Å².